The van der Waals surface area contributed by atoms with Crippen molar-refractivity contribution < 1.29 is 42.7 Å². The molecule has 4 N–H and O–H groups in total. The number of nitrogens with two attached hydrogens (primary N) is 1. The highest BCUT2D eigenvalue weighted by Crippen LogP contribution is 2.43. The maximum atomic E-state index is 12.5. The normalized spacial score (nSPS) is 15.0. The molecule has 54 heavy (non-hydrogen) atoms. The van der Waals surface area contributed by atoms with Gasteiger partial charge in [0.15, 0.2) is 6.10 Å². The quantitative estimate of drug-likeness (QED) is 0.0186. The number of ether oxygens (including phenoxy) is 2. The summed E-state index contributed by atoms with van der Waals surface area (Å²) in [7, 11) is -4.44. The lowest BCUT2D eigenvalue weighted by Crippen LogP contribution is -2.29. The lowest BCUT2D eigenvalue weighted by Gasteiger charge is -2.20. The summed E-state index contributed by atoms with van der Waals surface area (Å²) in [4.78, 5) is 34.8. The van der Waals surface area contributed by atoms with Crippen LogP contribution in [0.1, 0.15) is 123 Å². The number of allylic oxidation sites excluding steroid dienone is 15. The fourth-order valence-corrected chi connectivity index (χ4v) is 5.37. The Labute approximate surface area is 326 Å². The summed E-state index contributed by atoms with van der Waals surface area (Å²) in [6.07, 6.45) is 44.8. The zero-order valence-corrected chi connectivity index (χ0v) is 33.9. The molecule has 0 fully saturated rings. The molecule has 2 unspecified atom stereocenters. The number of carbonyl (C=O) groups excluding carboxylic acids is 2. The maximum absolute atomic E-state index is 12.5. The predicted octanol–water partition coefficient (Wildman–Crippen LogP) is 10.0. The van der Waals surface area contributed by atoms with Crippen molar-refractivity contribution >= 4 is 19.8 Å². The lowest BCUT2D eigenvalue weighted by atomic mass is 10.1. The van der Waals surface area contributed by atoms with Crippen LogP contribution in [0.15, 0.2) is 97.2 Å². The van der Waals surface area contributed by atoms with E-state index in [-0.39, 0.29) is 32.6 Å². The van der Waals surface area contributed by atoms with E-state index in [4.69, 9.17) is 24.3 Å². The Bertz CT molecular complexity index is 1220. The Kier molecular flexibility index (Phi) is 36.0. The first-order chi connectivity index (χ1) is 26.2. The Morgan fingerprint density at radius 2 is 1.22 bits per heavy atom. The second kappa shape index (κ2) is 38.2. The number of phosphoric ester groups is 1. The van der Waals surface area contributed by atoms with Crippen LogP contribution in [0.5, 0.6) is 0 Å². The number of rotatable bonds is 35. The van der Waals surface area contributed by atoms with Gasteiger partial charge in [0.05, 0.1) is 19.3 Å². The summed E-state index contributed by atoms with van der Waals surface area (Å²) in [5.41, 5.74) is 5.32. The van der Waals surface area contributed by atoms with Gasteiger partial charge in [-0.1, -0.05) is 124 Å². The number of carbonyl (C=O) groups is 2. The van der Waals surface area contributed by atoms with E-state index in [1.165, 1.54) is 19.3 Å². The molecular formula is C43H70NO9P. The molecular weight excluding hydrogens is 705 g/mol. The van der Waals surface area contributed by atoms with Crippen molar-refractivity contribution in [1.29, 1.82) is 0 Å². The van der Waals surface area contributed by atoms with Gasteiger partial charge in [-0.3, -0.25) is 18.6 Å². The van der Waals surface area contributed by atoms with E-state index in [1.807, 2.05) is 12.2 Å². The monoisotopic (exact) mass is 775 g/mol. The smallest absolute Gasteiger partial charge is 0.462 e. The minimum atomic E-state index is -4.44. The summed E-state index contributed by atoms with van der Waals surface area (Å²) in [5.74, 6) is -1.09. The van der Waals surface area contributed by atoms with Crippen molar-refractivity contribution in [1.82, 2.24) is 0 Å². The Hall–Kier alpha value is -3.11. The Morgan fingerprint density at radius 3 is 1.81 bits per heavy atom. The summed E-state index contributed by atoms with van der Waals surface area (Å²) in [6, 6.07) is 0. The first-order valence-corrected chi connectivity index (χ1v) is 21.3. The predicted molar refractivity (Wildman–Crippen MR) is 221 cm³/mol. The van der Waals surface area contributed by atoms with E-state index in [0.29, 0.717) is 19.3 Å². The highest BCUT2D eigenvalue weighted by molar-refractivity contribution is 7.47. The molecule has 0 rings (SSSR count). The van der Waals surface area contributed by atoms with Crippen molar-refractivity contribution in [3.63, 3.8) is 0 Å². The fourth-order valence-electron chi connectivity index (χ4n) is 4.61. The van der Waals surface area contributed by atoms with Crippen molar-refractivity contribution in [2.45, 2.75) is 135 Å². The minimum absolute atomic E-state index is 0.0155. The average Bonchev–Trinajstić information content (AvgIpc) is 3.15. The van der Waals surface area contributed by atoms with Crippen molar-refractivity contribution in [2.75, 3.05) is 26.4 Å². The average molecular weight is 776 g/mol. The lowest BCUT2D eigenvalue weighted by molar-refractivity contribution is -0.161. The molecule has 306 valence electrons. The largest absolute Gasteiger partial charge is 0.472 e. The summed E-state index contributed by atoms with van der Waals surface area (Å²) < 4.78 is 32.5. The highest BCUT2D eigenvalue weighted by atomic mass is 31.2. The van der Waals surface area contributed by atoms with Crippen LogP contribution in [0.25, 0.3) is 0 Å². The molecule has 0 aliphatic heterocycles. The van der Waals surface area contributed by atoms with Crippen molar-refractivity contribution in [3.05, 3.63) is 97.2 Å². The zero-order chi connectivity index (χ0) is 39.8. The molecule has 10 nitrogen and oxygen atoms in total. The van der Waals surface area contributed by atoms with Gasteiger partial charge in [0.2, 0.25) is 0 Å². The molecule has 0 saturated heterocycles. The third-order valence-electron chi connectivity index (χ3n) is 7.56. The maximum Gasteiger partial charge on any atom is 0.472 e. The van der Waals surface area contributed by atoms with Crippen LogP contribution in [0.3, 0.4) is 0 Å². The first-order valence-electron chi connectivity index (χ1n) is 19.8. The third-order valence-corrected chi connectivity index (χ3v) is 8.54. The molecule has 11 heteroatoms. The van der Waals surface area contributed by atoms with E-state index in [0.717, 1.165) is 57.8 Å². The van der Waals surface area contributed by atoms with Crippen molar-refractivity contribution in [3.8, 4) is 0 Å². The van der Waals surface area contributed by atoms with E-state index in [1.54, 1.807) is 12.2 Å². The summed E-state index contributed by atoms with van der Waals surface area (Å²) in [6.45, 7) is 3.28. The second-order valence-corrected chi connectivity index (χ2v) is 14.1. The van der Waals surface area contributed by atoms with Crippen LogP contribution in [0, 0.1) is 0 Å². The second-order valence-electron chi connectivity index (χ2n) is 12.6. The molecule has 0 radical (unpaired) electrons. The van der Waals surface area contributed by atoms with Crippen LogP contribution in [-0.2, 0) is 32.7 Å². The standard InChI is InChI=1S/C43H70NO9P/c1-3-5-7-9-11-13-15-17-18-20-22-24-26-28-30-34-43(47)53-41(39-52-54(48,49)51-37-36-44)38-50-42(46)35-31-33-40(45)32-29-27-25-23-21-19-16-14-12-10-8-6-4-2/h6,8,11-14,17-19,21-22,24-25,27,29,32,40-41,45H,3-5,7,9-10,15-16,20,23,26,28,30-31,33-39,44H2,1-2H3,(H,48,49)/b8-6-,13-11-,14-12-,18-17-,21-19-,24-22-,27-25-,32-29+/t40?,41-/m1/s1. The van der Waals surface area contributed by atoms with Crippen LogP contribution < -0.4 is 5.73 Å². The van der Waals surface area contributed by atoms with Gasteiger partial charge in [0.25, 0.3) is 0 Å². The first kappa shape index (κ1) is 50.9. The SMILES string of the molecule is CC/C=C\C/C=C\C/C=C\C/C=C\C=C\C(O)CCCC(=O)OC[C@H](COP(=O)(O)OCCN)OC(=O)CCCC/C=C\C/C=C\C/C=C\CCCCC. The molecule has 0 bridgehead atoms. The van der Waals surface area contributed by atoms with E-state index < -0.39 is 38.6 Å². The van der Waals surface area contributed by atoms with Gasteiger partial charge < -0.3 is 25.2 Å². The van der Waals surface area contributed by atoms with Gasteiger partial charge in [-0.2, -0.15) is 0 Å². The number of aliphatic hydroxyl groups is 1. The Balaban J connectivity index is 4.50. The van der Waals surface area contributed by atoms with E-state index in [2.05, 4.69) is 86.8 Å². The molecule has 0 aliphatic rings. The molecule has 0 heterocycles. The number of esters is 2. The highest BCUT2D eigenvalue weighted by Gasteiger charge is 2.26. The molecule has 0 saturated carbocycles. The molecule has 0 aromatic heterocycles. The van der Waals surface area contributed by atoms with Crippen LogP contribution in [0.4, 0.5) is 0 Å². The van der Waals surface area contributed by atoms with Gasteiger partial charge in [-0.25, -0.2) is 4.57 Å². The number of phosphoric acid groups is 1. The van der Waals surface area contributed by atoms with Crippen LogP contribution >= 0.6 is 7.82 Å². The molecule has 3 atom stereocenters. The summed E-state index contributed by atoms with van der Waals surface area (Å²) >= 11 is 0. The van der Waals surface area contributed by atoms with Gasteiger partial charge in [0, 0.05) is 19.4 Å². The van der Waals surface area contributed by atoms with E-state index in [9.17, 15) is 24.2 Å². The van der Waals surface area contributed by atoms with Gasteiger partial charge in [-0.05, 0) is 83.5 Å². The molecule has 0 aliphatic carbocycles. The van der Waals surface area contributed by atoms with Gasteiger partial charge >= 0.3 is 19.8 Å². The van der Waals surface area contributed by atoms with Crippen molar-refractivity contribution in [2.24, 2.45) is 5.73 Å². The number of hydrogen-bond donors (Lipinski definition) is 3. The number of unbranched alkanes of at least 4 members (excludes halogenated alkanes) is 5. The van der Waals surface area contributed by atoms with E-state index >= 15 is 0 Å². The molecule has 0 amide bonds. The molecule has 0 aromatic rings. The molecule has 0 spiro atoms. The number of hydrogen-bond acceptors (Lipinski definition) is 9. The third kappa shape index (κ3) is 37.2. The summed E-state index contributed by atoms with van der Waals surface area (Å²) in [5, 5.41) is 10.2. The minimum Gasteiger partial charge on any atom is -0.462 e. The topological polar surface area (TPSA) is 155 Å². The Morgan fingerprint density at radius 1 is 0.667 bits per heavy atom. The molecule has 0 aromatic carbocycles. The van der Waals surface area contributed by atoms with Gasteiger partial charge in [0.1, 0.15) is 6.61 Å². The van der Waals surface area contributed by atoms with Crippen LogP contribution in [0.2, 0.25) is 0 Å². The fraction of sp³-hybridized carbons (Fsp3) is 0.581. The zero-order valence-electron chi connectivity index (χ0n) is 33.0. The number of aliphatic hydroxyl groups excluding tert-OH is 1. The van der Waals surface area contributed by atoms with Crippen LogP contribution in [-0.4, -0.2) is 60.5 Å². The van der Waals surface area contributed by atoms with Gasteiger partial charge in [-0.15, -0.1) is 0 Å².